The van der Waals surface area contributed by atoms with Crippen LogP contribution in [0, 0.1) is 0 Å². The van der Waals surface area contributed by atoms with Gasteiger partial charge in [-0.1, -0.05) is 48.5 Å². The van der Waals surface area contributed by atoms with E-state index in [4.69, 9.17) is 4.74 Å². The first-order valence-electron chi connectivity index (χ1n) is 8.03. The minimum Gasteiger partial charge on any atom is -0.497 e. The highest BCUT2D eigenvalue weighted by Gasteiger charge is 2.16. The molecule has 0 atom stereocenters. The lowest BCUT2D eigenvalue weighted by molar-refractivity contribution is 0.109. The van der Waals surface area contributed by atoms with Crippen molar-refractivity contribution in [1.29, 1.82) is 0 Å². The molecule has 0 heterocycles. The molecule has 0 saturated carbocycles. The molecule has 0 aliphatic carbocycles. The predicted octanol–water partition coefficient (Wildman–Crippen LogP) is 5.93. The van der Waals surface area contributed by atoms with Gasteiger partial charge in [0.15, 0.2) is 0 Å². The van der Waals surface area contributed by atoms with Gasteiger partial charge in [0, 0.05) is 10.5 Å². The van der Waals surface area contributed by atoms with Gasteiger partial charge in [0.1, 0.15) is 5.75 Å². The highest BCUT2D eigenvalue weighted by atomic mass is 32.2. The van der Waals surface area contributed by atoms with Crippen LogP contribution in [0.1, 0.15) is 10.4 Å². The smallest absolute Gasteiger partial charge is 0.225 e. The Hall–Kier alpha value is -2.78. The van der Waals surface area contributed by atoms with E-state index in [1.54, 1.807) is 7.11 Å². The summed E-state index contributed by atoms with van der Waals surface area (Å²) in [5.74, 6) is 0.785. The molecule has 0 aliphatic rings. The summed E-state index contributed by atoms with van der Waals surface area (Å²) in [4.78, 5) is 14.0. The van der Waals surface area contributed by atoms with Crippen molar-refractivity contribution in [1.82, 2.24) is 0 Å². The molecule has 122 valence electrons. The molecule has 25 heavy (non-hydrogen) atoms. The minimum atomic E-state index is 0.0539. The third-order valence-corrected chi connectivity index (χ3v) is 5.14. The van der Waals surface area contributed by atoms with Crippen LogP contribution in [-0.2, 0) is 0 Å². The SMILES string of the molecule is COc1ccc(SC(=O)c2c3ccccc3cc3ccccc23)cc1. The van der Waals surface area contributed by atoms with E-state index in [9.17, 15) is 4.79 Å². The molecule has 0 amide bonds. The highest BCUT2D eigenvalue weighted by Crippen LogP contribution is 2.33. The second-order valence-corrected chi connectivity index (χ2v) is 6.81. The third kappa shape index (κ3) is 2.99. The van der Waals surface area contributed by atoms with Crippen molar-refractivity contribution in [3.05, 3.63) is 84.4 Å². The fourth-order valence-corrected chi connectivity index (χ4v) is 3.84. The Bertz CT molecular complexity index is 1010. The monoisotopic (exact) mass is 344 g/mol. The van der Waals surface area contributed by atoms with Gasteiger partial charge in [0.05, 0.1) is 7.11 Å². The number of benzene rings is 4. The molecular weight excluding hydrogens is 328 g/mol. The molecule has 0 spiro atoms. The van der Waals surface area contributed by atoms with Gasteiger partial charge in [-0.3, -0.25) is 4.79 Å². The van der Waals surface area contributed by atoms with Crippen molar-refractivity contribution >= 4 is 38.4 Å². The van der Waals surface area contributed by atoms with E-state index >= 15 is 0 Å². The molecule has 0 radical (unpaired) electrons. The maximum atomic E-state index is 13.1. The van der Waals surface area contributed by atoms with Crippen LogP contribution >= 0.6 is 11.8 Å². The molecule has 2 nitrogen and oxygen atoms in total. The number of methoxy groups -OCH3 is 1. The normalized spacial score (nSPS) is 10.9. The highest BCUT2D eigenvalue weighted by molar-refractivity contribution is 8.14. The Labute approximate surface area is 150 Å². The Balaban J connectivity index is 1.83. The predicted molar refractivity (Wildman–Crippen MR) is 105 cm³/mol. The zero-order chi connectivity index (χ0) is 17.2. The van der Waals surface area contributed by atoms with Gasteiger partial charge in [-0.2, -0.15) is 0 Å². The number of rotatable bonds is 3. The van der Waals surface area contributed by atoms with E-state index < -0.39 is 0 Å². The molecule has 0 N–H and O–H groups in total. The molecule has 0 aliphatic heterocycles. The van der Waals surface area contributed by atoms with E-state index in [-0.39, 0.29) is 5.12 Å². The quantitative estimate of drug-likeness (QED) is 0.340. The summed E-state index contributed by atoms with van der Waals surface area (Å²) in [6.07, 6.45) is 0. The van der Waals surface area contributed by atoms with Gasteiger partial charge in [0.2, 0.25) is 5.12 Å². The van der Waals surface area contributed by atoms with E-state index in [1.165, 1.54) is 11.8 Å². The van der Waals surface area contributed by atoms with Crippen LogP contribution in [-0.4, -0.2) is 12.2 Å². The van der Waals surface area contributed by atoms with Gasteiger partial charge in [-0.05, 0) is 63.6 Å². The lowest BCUT2D eigenvalue weighted by atomic mass is 9.97. The third-order valence-electron chi connectivity index (χ3n) is 4.25. The number of carbonyl (C=O) groups excluding carboxylic acids is 1. The molecule has 4 rings (SSSR count). The van der Waals surface area contributed by atoms with Crippen LogP contribution in [0.3, 0.4) is 0 Å². The van der Waals surface area contributed by atoms with Crippen molar-refractivity contribution in [2.45, 2.75) is 4.90 Å². The Morgan fingerprint density at radius 2 is 1.36 bits per heavy atom. The summed E-state index contributed by atoms with van der Waals surface area (Å²) in [5, 5.41) is 4.21. The van der Waals surface area contributed by atoms with Gasteiger partial charge in [-0.25, -0.2) is 0 Å². The van der Waals surface area contributed by atoms with Gasteiger partial charge < -0.3 is 4.74 Å². The second-order valence-electron chi connectivity index (χ2n) is 5.76. The molecule has 0 aromatic heterocycles. The fourth-order valence-electron chi connectivity index (χ4n) is 3.04. The van der Waals surface area contributed by atoms with Crippen molar-refractivity contribution in [2.75, 3.05) is 7.11 Å². The van der Waals surface area contributed by atoms with Gasteiger partial charge >= 0.3 is 0 Å². The van der Waals surface area contributed by atoms with Crippen LogP contribution < -0.4 is 4.74 Å². The summed E-state index contributed by atoms with van der Waals surface area (Å²) >= 11 is 1.25. The van der Waals surface area contributed by atoms with Crippen LogP contribution in [0.4, 0.5) is 0 Å². The number of hydrogen-bond donors (Lipinski definition) is 0. The molecule has 0 unspecified atom stereocenters. The molecule has 3 heteroatoms. The number of ether oxygens (including phenoxy) is 1. The maximum Gasteiger partial charge on any atom is 0.225 e. The van der Waals surface area contributed by atoms with E-state index in [0.29, 0.717) is 0 Å². The van der Waals surface area contributed by atoms with Crippen LogP contribution in [0.15, 0.2) is 83.8 Å². The standard InChI is InChI=1S/C22H16O2S/c1-24-17-10-12-18(13-11-17)25-22(23)21-19-8-4-2-6-15(19)14-16-7-3-5-9-20(16)21/h2-14H,1H3. The van der Waals surface area contributed by atoms with Crippen LogP contribution in [0.2, 0.25) is 0 Å². The number of carbonyl (C=O) groups is 1. The van der Waals surface area contributed by atoms with Crippen LogP contribution in [0.5, 0.6) is 5.75 Å². The summed E-state index contributed by atoms with van der Waals surface area (Å²) in [6.45, 7) is 0. The summed E-state index contributed by atoms with van der Waals surface area (Å²) in [7, 11) is 1.63. The van der Waals surface area contributed by atoms with Crippen molar-refractivity contribution in [2.24, 2.45) is 0 Å². The molecule has 0 bridgehead atoms. The number of hydrogen-bond acceptors (Lipinski definition) is 3. The molecule has 0 saturated heterocycles. The van der Waals surface area contributed by atoms with Crippen molar-refractivity contribution < 1.29 is 9.53 Å². The minimum absolute atomic E-state index is 0.0539. The summed E-state index contributed by atoms with van der Waals surface area (Å²) in [5.41, 5.74) is 0.773. The number of thioether (sulfide) groups is 1. The van der Waals surface area contributed by atoms with Gasteiger partial charge in [-0.15, -0.1) is 0 Å². The Morgan fingerprint density at radius 3 is 1.92 bits per heavy atom. The van der Waals surface area contributed by atoms with Crippen molar-refractivity contribution in [3.8, 4) is 5.75 Å². The van der Waals surface area contributed by atoms with Crippen LogP contribution in [0.25, 0.3) is 21.5 Å². The first-order chi connectivity index (χ1) is 12.3. The number of fused-ring (bicyclic) bond motifs is 2. The Morgan fingerprint density at radius 1 is 0.800 bits per heavy atom. The summed E-state index contributed by atoms with van der Waals surface area (Å²) in [6, 6.07) is 25.8. The lowest BCUT2D eigenvalue weighted by Crippen LogP contribution is -1.97. The first-order valence-corrected chi connectivity index (χ1v) is 8.84. The van der Waals surface area contributed by atoms with E-state index in [1.807, 2.05) is 60.7 Å². The summed E-state index contributed by atoms with van der Waals surface area (Å²) < 4.78 is 5.18. The zero-order valence-electron chi connectivity index (χ0n) is 13.7. The van der Waals surface area contributed by atoms with E-state index in [0.717, 1.165) is 37.8 Å². The lowest BCUT2D eigenvalue weighted by Gasteiger charge is -2.10. The first kappa shape index (κ1) is 15.7. The molecule has 4 aromatic carbocycles. The largest absolute Gasteiger partial charge is 0.497 e. The average molecular weight is 344 g/mol. The molecular formula is C22H16O2S. The Kier molecular flexibility index (Phi) is 4.16. The fraction of sp³-hybridized carbons (Fsp3) is 0.0455. The second kappa shape index (κ2) is 6.61. The molecule has 4 aromatic rings. The maximum absolute atomic E-state index is 13.1. The topological polar surface area (TPSA) is 26.3 Å². The average Bonchev–Trinajstić information content (AvgIpc) is 2.66. The van der Waals surface area contributed by atoms with Gasteiger partial charge in [0.25, 0.3) is 0 Å². The van der Waals surface area contributed by atoms with E-state index in [2.05, 4.69) is 18.2 Å². The molecule has 0 fully saturated rings. The van der Waals surface area contributed by atoms with Crippen molar-refractivity contribution in [3.63, 3.8) is 0 Å². The zero-order valence-corrected chi connectivity index (χ0v) is 14.5.